The fourth-order valence-corrected chi connectivity index (χ4v) is 1.56. The van der Waals surface area contributed by atoms with E-state index in [-0.39, 0.29) is 103 Å². The molecule has 21 nitrogen and oxygen atoms in total. The van der Waals surface area contributed by atoms with E-state index in [9.17, 15) is 58.5 Å². The summed E-state index contributed by atoms with van der Waals surface area (Å²) >= 11 is 0. The molecule has 6 amide bonds. The molecule has 0 bridgehead atoms. The monoisotopic (exact) mass is 597 g/mol. The number of hydrogen-bond donors (Lipinski definition) is 6. The first-order valence-electron chi connectivity index (χ1n) is 8.51. The van der Waals surface area contributed by atoms with Gasteiger partial charge in [-0.1, -0.05) is 0 Å². The van der Waals surface area contributed by atoms with E-state index < -0.39 is 72.6 Å². The number of carbonyl (C=O) groups excluding carboxylic acids is 3. The van der Waals surface area contributed by atoms with Gasteiger partial charge in [0.15, 0.2) is 0 Å². The Morgan fingerprint density at radius 3 is 0.538 bits per heavy atom. The number of nitrogens with zero attached hydrogens (tertiary/aromatic N) is 3. The van der Waals surface area contributed by atoms with Crippen molar-refractivity contribution in [1.82, 2.24) is 14.7 Å². The second kappa shape index (κ2) is 23.5. The molecule has 0 unspecified atom stereocenters. The predicted octanol–water partition coefficient (Wildman–Crippen LogP) is -12.6. The zero-order valence-corrected chi connectivity index (χ0v) is 27.2. The summed E-state index contributed by atoms with van der Waals surface area (Å²) < 4.78 is 0. The molecule has 3 atom stereocenters. The third-order valence-corrected chi connectivity index (χ3v) is 3.42. The van der Waals surface area contributed by atoms with E-state index in [2.05, 4.69) is 0 Å². The van der Waals surface area contributed by atoms with Crippen LogP contribution in [0.5, 0.6) is 0 Å². The molecule has 0 radical (unpaired) electrons. The Kier molecular flexibility index (Phi) is 29.9. The van der Waals surface area contributed by atoms with E-state index >= 15 is 0 Å². The molecule has 0 fully saturated rings. The fraction of sp³-hybridized carbons (Fsp3) is 0.400. The summed E-state index contributed by atoms with van der Waals surface area (Å²) in [4.78, 5) is 90.3. The summed E-state index contributed by atoms with van der Waals surface area (Å²) in [5.41, 5.74) is 0. The van der Waals surface area contributed by atoms with Crippen molar-refractivity contribution in [1.29, 1.82) is 0 Å². The zero-order chi connectivity index (χ0) is 29.7. The Bertz CT molecular complexity index is 759. The molecule has 0 aromatic heterocycles. The van der Waals surface area contributed by atoms with Gasteiger partial charge in [-0.25, -0.2) is 43.5 Å². The molecule has 0 aliphatic heterocycles. The molecular weight excluding hydrogens is 579 g/mol. The average Bonchev–Trinajstić information content (AvgIpc) is 2.66. The maximum absolute atomic E-state index is 10.1. The quantitative estimate of drug-likeness (QED) is 0.155. The first-order valence-corrected chi connectivity index (χ1v) is 8.51. The Labute approximate surface area is 283 Å². The van der Waals surface area contributed by atoms with Crippen LogP contribution < -0.4 is 104 Å². The SMILES string of the molecule is C[C@@H](C(=O)[O-])N(C(=O)O)C(=O)O.C[C@@H](C(=O)[O-])N(C(=O)O)C(=O)O.C[C@@H](C(=O)[O-])N(C(=O)O)C(=O)O.[Na+].[Na+].[Na+]. The van der Waals surface area contributed by atoms with Crippen LogP contribution in [0.4, 0.5) is 28.8 Å². The van der Waals surface area contributed by atoms with Crippen molar-refractivity contribution < 1.29 is 178 Å². The Balaban J connectivity index is -0.000000101. The van der Waals surface area contributed by atoms with Gasteiger partial charge in [0.1, 0.15) is 0 Å². The smallest absolute Gasteiger partial charge is 0.548 e. The molecule has 0 aromatic rings. The third-order valence-electron chi connectivity index (χ3n) is 3.42. The van der Waals surface area contributed by atoms with Crippen molar-refractivity contribution in [3.63, 3.8) is 0 Å². The van der Waals surface area contributed by atoms with Gasteiger partial charge in [0.05, 0.1) is 36.0 Å². The summed E-state index contributed by atoms with van der Waals surface area (Å²) in [6.07, 6.45) is -11.1. The molecule has 0 saturated heterocycles. The maximum Gasteiger partial charge on any atom is 1.00 e. The molecule has 204 valence electrons. The van der Waals surface area contributed by atoms with Crippen LogP contribution in [0.3, 0.4) is 0 Å². The van der Waals surface area contributed by atoms with Crippen molar-refractivity contribution in [2.75, 3.05) is 0 Å². The number of amides is 6. The van der Waals surface area contributed by atoms with Gasteiger partial charge in [-0.2, -0.15) is 0 Å². The second-order valence-corrected chi connectivity index (χ2v) is 5.79. The minimum absolute atomic E-state index is 0. The fourth-order valence-electron chi connectivity index (χ4n) is 1.56. The standard InChI is InChI=1S/3C5H7NO6.3Na/c3*1-2(3(7)8)6(4(9)10)5(11)12;;;/h3*2H,1H3,(H,7,8)(H,9,10)(H,11,12);;;/q;;;3*+1/p-3/t3*2-;;;/m000.../s1. The number of carboxylic acids is 3. The van der Waals surface area contributed by atoms with Crippen molar-refractivity contribution >= 4 is 54.5 Å². The molecule has 6 N–H and O–H groups in total. The molecule has 0 heterocycles. The number of carbonyl (C=O) groups is 9. The first kappa shape index (κ1) is 49.6. The van der Waals surface area contributed by atoms with Gasteiger partial charge in [-0.3, -0.25) is 0 Å². The maximum atomic E-state index is 10.1. The molecule has 0 saturated carbocycles. The molecule has 0 spiro atoms. The summed E-state index contributed by atoms with van der Waals surface area (Å²) in [6.45, 7) is 2.70. The summed E-state index contributed by atoms with van der Waals surface area (Å²) in [6, 6.07) is -5.12. The minimum Gasteiger partial charge on any atom is -0.548 e. The van der Waals surface area contributed by atoms with Crippen molar-refractivity contribution in [3.8, 4) is 0 Å². The number of rotatable bonds is 6. The van der Waals surface area contributed by atoms with Crippen LogP contribution in [0.2, 0.25) is 0 Å². The van der Waals surface area contributed by atoms with E-state index in [4.69, 9.17) is 30.6 Å². The Morgan fingerprint density at radius 1 is 0.410 bits per heavy atom. The van der Waals surface area contributed by atoms with Gasteiger partial charge in [0.25, 0.3) is 0 Å². The van der Waals surface area contributed by atoms with Gasteiger partial charge in [-0.05, 0) is 20.8 Å². The minimum atomic E-state index is -1.85. The molecular formula is C15H18N3Na3O18. The number of imide groups is 3. The number of carboxylic acid groups (broad SMARTS) is 9. The largest absolute Gasteiger partial charge is 1.00 e. The molecule has 0 aliphatic carbocycles. The van der Waals surface area contributed by atoms with Gasteiger partial charge in [-0.15, -0.1) is 0 Å². The number of aliphatic carboxylic acids is 3. The van der Waals surface area contributed by atoms with Gasteiger partial charge >= 0.3 is 125 Å². The van der Waals surface area contributed by atoms with Crippen LogP contribution in [0.25, 0.3) is 0 Å². The van der Waals surface area contributed by atoms with Crippen LogP contribution in [0.15, 0.2) is 0 Å². The van der Waals surface area contributed by atoms with Gasteiger partial charge in [0.2, 0.25) is 0 Å². The molecule has 0 aliphatic rings. The summed E-state index contributed by atoms with van der Waals surface area (Å²) in [7, 11) is 0. The molecule has 39 heavy (non-hydrogen) atoms. The van der Waals surface area contributed by atoms with Crippen LogP contribution >= 0.6 is 0 Å². The summed E-state index contributed by atoms with van der Waals surface area (Å²) in [5.74, 6) is -5.29. The molecule has 24 heteroatoms. The molecule has 0 aromatic carbocycles. The third kappa shape index (κ3) is 19.4. The first-order chi connectivity index (χ1) is 16.1. The second-order valence-electron chi connectivity index (χ2n) is 5.79. The van der Waals surface area contributed by atoms with E-state index in [1.165, 1.54) is 0 Å². The van der Waals surface area contributed by atoms with E-state index in [0.717, 1.165) is 20.8 Å². The van der Waals surface area contributed by atoms with Crippen molar-refractivity contribution in [2.24, 2.45) is 0 Å². The van der Waals surface area contributed by atoms with E-state index in [1.54, 1.807) is 0 Å². The van der Waals surface area contributed by atoms with Gasteiger partial charge in [0, 0.05) is 0 Å². The Morgan fingerprint density at radius 2 is 0.513 bits per heavy atom. The van der Waals surface area contributed by atoms with E-state index in [0.29, 0.717) is 0 Å². The van der Waals surface area contributed by atoms with Crippen LogP contribution in [0, 0.1) is 0 Å². The molecule has 0 rings (SSSR count). The Hall–Kier alpha value is -2.37. The average molecular weight is 597 g/mol. The van der Waals surface area contributed by atoms with Crippen molar-refractivity contribution in [3.05, 3.63) is 0 Å². The normalized spacial score (nSPS) is 10.8. The van der Waals surface area contributed by atoms with Crippen LogP contribution in [-0.2, 0) is 14.4 Å². The zero-order valence-electron chi connectivity index (χ0n) is 21.2. The van der Waals surface area contributed by atoms with E-state index in [1.807, 2.05) is 0 Å². The number of hydrogen-bond acceptors (Lipinski definition) is 12. The summed E-state index contributed by atoms with van der Waals surface area (Å²) in [5, 5.41) is 79.5. The topological polar surface area (TPSA) is 354 Å². The predicted molar refractivity (Wildman–Crippen MR) is 97.1 cm³/mol. The van der Waals surface area contributed by atoms with Crippen LogP contribution in [-0.4, -0.2) is 118 Å². The van der Waals surface area contributed by atoms with Gasteiger partial charge < -0.3 is 60.3 Å². The van der Waals surface area contributed by atoms with Crippen LogP contribution in [0.1, 0.15) is 20.8 Å². The van der Waals surface area contributed by atoms with Crippen molar-refractivity contribution in [2.45, 2.75) is 38.9 Å².